The van der Waals surface area contributed by atoms with Crippen LogP contribution in [0.3, 0.4) is 0 Å². The number of carbonyl (C=O) groups excluding carboxylic acids is 1. The number of aryl methyl sites for hydroxylation is 1. The lowest BCUT2D eigenvalue weighted by molar-refractivity contribution is -0.534. The van der Waals surface area contributed by atoms with Gasteiger partial charge < -0.3 is 15.5 Å². The Bertz CT molecular complexity index is 989. The number of fused-ring (bicyclic) bond motifs is 1. The maximum absolute atomic E-state index is 12.8. The van der Waals surface area contributed by atoms with Crippen LogP contribution in [0, 0.1) is 30.6 Å². The summed E-state index contributed by atoms with van der Waals surface area (Å²) in [5.41, 5.74) is 2.52. The van der Waals surface area contributed by atoms with E-state index >= 15 is 0 Å². The average Bonchev–Trinajstić information content (AvgIpc) is 3.23. The number of amides is 1. The van der Waals surface area contributed by atoms with Crippen molar-refractivity contribution in [1.29, 1.82) is 0 Å². The summed E-state index contributed by atoms with van der Waals surface area (Å²) in [4.78, 5) is 19.2. The number of hydrazone groups is 1. The van der Waals surface area contributed by atoms with E-state index in [-0.39, 0.29) is 46.2 Å². The first kappa shape index (κ1) is 32.7. The second kappa shape index (κ2) is 13.0. The fourth-order valence-electron chi connectivity index (χ4n) is 5.28. The molecule has 1 aromatic rings. The predicted molar refractivity (Wildman–Crippen MR) is 152 cm³/mol. The summed E-state index contributed by atoms with van der Waals surface area (Å²) >= 11 is 0. The molecule has 11 heteroatoms. The number of hydrogen-bond acceptors (Lipinski definition) is 5. The minimum absolute atomic E-state index is 0. The van der Waals surface area contributed by atoms with E-state index in [1.54, 1.807) is 0 Å². The second-order valence-corrected chi connectivity index (χ2v) is 10.1. The molecule has 7 nitrogen and oxygen atoms in total. The zero-order valence-corrected chi connectivity index (χ0v) is 21.7. The monoisotopic (exact) mass is 545 g/mol. The fraction of sp³-hybridized carbons (Fsp3) is 0.692. The quantitative estimate of drug-likeness (QED) is 0.452. The molecule has 0 saturated heterocycles. The third-order valence-corrected chi connectivity index (χ3v) is 7.19. The number of hydrogen-bond donors (Lipinski definition) is 2. The molecule has 2 unspecified atom stereocenters. The van der Waals surface area contributed by atoms with E-state index < -0.39 is 12.1 Å². The van der Waals surface area contributed by atoms with Gasteiger partial charge in [0.25, 0.3) is 0 Å². The van der Waals surface area contributed by atoms with Gasteiger partial charge in [-0.2, -0.15) is 26.7 Å². The van der Waals surface area contributed by atoms with E-state index in [0.717, 1.165) is 61.3 Å². The summed E-state index contributed by atoms with van der Waals surface area (Å²) in [5, 5.41) is 10.4. The molecular weight excluding hydrogens is 501 g/mol. The van der Waals surface area contributed by atoms with Gasteiger partial charge in [0.2, 0.25) is 5.91 Å². The first-order valence-corrected chi connectivity index (χ1v) is 12.0. The molecule has 1 saturated carbocycles. The van der Waals surface area contributed by atoms with Crippen LogP contribution in [0.4, 0.5) is 30.4 Å². The summed E-state index contributed by atoms with van der Waals surface area (Å²) in [6.07, 6.45) is 1.90. The molecule has 4 rings (SSSR count). The molecule has 0 radical (unpaired) electrons. The van der Waals surface area contributed by atoms with Gasteiger partial charge in [-0.15, -0.1) is 0 Å². The van der Waals surface area contributed by atoms with E-state index in [0.29, 0.717) is 18.4 Å². The van der Waals surface area contributed by atoms with Crippen LogP contribution in [-0.2, 0) is 4.79 Å². The van der Waals surface area contributed by atoms with Crippen molar-refractivity contribution < 1.29 is 22.7 Å². The number of anilines is 3. The maximum atomic E-state index is 12.8. The highest BCUT2D eigenvalue weighted by atomic mass is 32.1. The Morgan fingerprint density at radius 3 is 2.38 bits per heavy atom. The number of pyridine rings is 1. The van der Waals surface area contributed by atoms with Crippen molar-refractivity contribution in [3.63, 3.8) is 0 Å². The van der Waals surface area contributed by atoms with Gasteiger partial charge in [0, 0.05) is 25.6 Å². The second-order valence-electron chi connectivity index (χ2n) is 10.1. The fourth-order valence-corrected chi connectivity index (χ4v) is 5.28. The van der Waals surface area contributed by atoms with E-state index in [4.69, 9.17) is 0 Å². The molecule has 1 amide bonds. The molecule has 1 aliphatic carbocycles. The van der Waals surface area contributed by atoms with Crippen LogP contribution in [0.25, 0.3) is 0 Å². The molecule has 2 N–H and O–H groups in total. The highest BCUT2D eigenvalue weighted by Gasteiger charge is 2.43. The molecule has 37 heavy (non-hydrogen) atoms. The van der Waals surface area contributed by atoms with Crippen LogP contribution >= 0.6 is 13.5 Å². The first-order chi connectivity index (χ1) is 16.0. The number of nitrogens with one attached hydrogen (secondary N) is 2. The molecular formula is C26H44F3N6OS+. The lowest BCUT2D eigenvalue weighted by Crippen LogP contribution is -2.49. The van der Waals surface area contributed by atoms with Gasteiger partial charge >= 0.3 is 6.18 Å². The van der Waals surface area contributed by atoms with Gasteiger partial charge in [0.1, 0.15) is 11.9 Å². The summed E-state index contributed by atoms with van der Waals surface area (Å²) in [7, 11) is 1.95. The summed E-state index contributed by atoms with van der Waals surface area (Å²) in [5.74, 6) is 0.252. The van der Waals surface area contributed by atoms with Crippen LogP contribution in [-0.4, -0.2) is 60.4 Å². The van der Waals surface area contributed by atoms with Gasteiger partial charge in [-0.1, -0.05) is 33.4 Å². The van der Waals surface area contributed by atoms with Crippen LogP contribution in [0.2, 0.25) is 0 Å². The minimum Gasteiger partial charge on any atom is -0.370 e. The Morgan fingerprint density at radius 2 is 1.81 bits per heavy atom. The standard InChI is InChI=1S/C24H33F3N6O.2CH4.H2S/c1-14(2)22-23(34)31-21-15(3)30-20(9-19(21)32(22)4)28-10-16-5-7-17(8-6-16)12-33-13-18(11-29-33)24(25,26)27;;;/h9,11,13-14,16-18,22H,5-8,10,12H2,1-4H3,(H-,28,30,31,34);2*1H4;1H2/p+1. The van der Waals surface area contributed by atoms with Gasteiger partial charge in [0.15, 0.2) is 18.7 Å². The van der Waals surface area contributed by atoms with Gasteiger partial charge in [-0.3, -0.25) is 4.79 Å². The number of nitrogens with zero attached hydrogens (tertiary/aromatic N) is 4. The number of halogens is 3. The first-order valence-electron chi connectivity index (χ1n) is 12.0. The van der Waals surface area contributed by atoms with Crippen LogP contribution < -0.4 is 15.5 Å². The highest BCUT2D eigenvalue weighted by molar-refractivity contribution is 7.59. The summed E-state index contributed by atoms with van der Waals surface area (Å²) < 4.78 is 39.9. The number of aromatic nitrogens is 1. The Morgan fingerprint density at radius 1 is 1.19 bits per heavy atom. The molecule has 0 aromatic carbocycles. The number of rotatable bonds is 6. The zero-order chi connectivity index (χ0) is 24.6. The molecule has 2 aliphatic heterocycles. The zero-order valence-electron chi connectivity index (χ0n) is 20.7. The number of likely N-dealkylation sites (N-methyl/N-ethyl adjacent to an activating group) is 1. The van der Waals surface area contributed by atoms with Crippen molar-refractivity contribution in [3.05, 3.63) is 11.8 Å². The molecule has 0 bridgehead atoms. The molecule has 210 valence electrons. The summed E-state index contributed by atoms with van der Waals surface area (Å²) in [6.45, 7) is 7.33. The van der Waals surface area contributed by atoms with Crippen LogP contribution in [0.15, 0.2) is 11.2 Å². The van der Waals surface area contributed by atoms with Crippen molar-refractivity contribution in [3.8, 4) is 0 Å². The van der Waals surface area contributed by atoms with Crippen molar-refractivity contribution in [2.24, 2.45) is 28.8 Å². The SMILES string of the molecule is C.C.Cc1nc(NCC2CCC(C[N+]3=CC(C(F)(F)F)C=N3)CC2)cc2c1NC(=O)C(C(C)C)N2C.S. The van der Waals surface area contributed by atoms with E-state index in [2.05, 4.69) is 20.7 Å². The Kier molecular flexibility index (Phi) is 11.5. The topological polar surface area (TPSA) is 72.6 Å². The van der Waals surface area contributed by atoms with E-state index in [9.17, 15) is 18.0 Å². The maximum Gasteiger partial charge on any atom is 0.406 e. The molecule has 0 spiro atoms. The largest absolute Gasteiger partial charge is 0.406 e. The summed E-state index contributed by atoms with van der Waals surface area (Å²) in [6, 6.07) is 1.78. The normalized spacial score (nSPS) is 24.8. The molecule has 1 aromatic heterocycles. The van der Waals surface area contributed by atoms with Crippen LogP contribution in [0.5, 0.6) is 0 Å². The molecule has 3 heterocycles. The van der Waals surface area contributed by atoms with Crippen LogP contribution in [0.1, 0.15) is 60.1 Å². The van der Waals surface area contributed by atoms with Gasteiger partial charge in [0.05, 0.1) is 23.3 Å². The Labute approximate surface area is 226 Å². The number of carbonyl (C=O) groups is 1. The number of alkyl halides is 3. The van der Waals surface area contributed by atoms with Crippen molar-refractivity contribution in [2.75, 3.05) is 35.7 Å². The molecule has 2 atom stereocenters. The Hall–Kier alpha value is -2.30. The van der Waals surface area contributed by atoms with Crippen molar-refractivity contribution in [1.82, 2.24) is 4.98 Å². The molecule has 3 aliphatic rings. The predicted octanol–water partition coefficient (Wildman–Crippen LogP) is 5.67. The van der Waals surface area contributed by atoms with E-state index in [1.807, 2.05) is 38.8 Å². The minimum atomic E-state index is -4.26. The lowest BCUT2D eigenvalue weighted by Gasteiger charge is -2.38. The van der Waals surface area contributed by atoms with Crippen molar-refractivity contribution >= 4 is 49.0 Å². The van der Waals surface area contributed by atoms with Gasteiger partial charge in [-0.25, -0.2) is 4.98 Å². The lowest BCUT2D eigenvalue weighted by atomic mass is 9.82. The van der Waals surface area contributed by atoms with E-state index in [1.165, 1.54) is 10.9 Å². The van der Waals surface area contributed by atoms with Gasteiger partial charge in [-0.05, 0) is 49.5 Å². The average molecular weight is 546 g/mol. The smallest absolute Gasteiger partial charge is 0.370 e. The third kappa shape index (κ3) is 7.39. The highest BCUT2D eigenvalue weighted by Crippen LogP contribution is 2.37. The Balaban J connectivity index is 0.00000228. The van der Waals surface area contributed by atoms with Crippen molar-refractivity contribution in [2.45, 2.75) is 73.5 Å². The molecule has 1 fully saturated rings. The third-order valence-electron chi connectivity index (χ3n) is 7.19.